The Morgan fingerprint density at radius 2 is 1.83 bits per heavy atom. The summed E-state index contributed by atoms with van der Waals surface area (Å²) in [5.74, 6) is 0.253. The Labute approximate surface area is 147 Å². The van der Waals surface area contributed by atoms with Gasteiger partial charge in [-0.1, -0.05) is 29.8 Å². The van der Waals surface area contributed by atoms with Gasteiger partial charge in [0.25, 0.3) is 11.8 Å². The van der Waals surface area contributed by atoms with Crippen molar-refractivity contribution in [3.8, 4) is 11.6 Å². The summed E-state index contributed by atoms with van der Waals surface area (Å²) >= 11 is 6.26. The highest BCUT2D eigenvalue weighted by Gasteiger charge is 2.36. The molecular weight excluding hydrogens is 326 g/mol. The first-order valence-electron chi connectivity index (χ1n) is 8.26. The van der Waals surface area contributed by atoms with Crippen molar-refractivity contribution in [1.29, 1.82) is 0 Å². The zero-order valence-electron chi connectivity index (χ0n) is 14.0. The van der Waals surface area contributed by atoms with Crippen molar-refractivity contribution in [1.82, 2.24) is 14.7 Å². The standard InChI is InChI=1S/C18H22ClN3O2/c1-18(2,17(23)21-11-7-4-8-12-21)24-16-15(19)13-22(20-16)14-9-5-3-6-10-14/h3,5-6,9-10,13H,4,7-8,11-12H2,1-2H3. The van der Waals surface area contributed by atoms with Gasteiger partial charge in [-0.05, 0) is 45.2 Å². The highest BCUT2D eigenvalue weighted by Crippen LogP contribution is 2.28. The van der Waals surface area contributed by atoms with Gasteiger partial charge in [0.05, 0.1) is 11.9 Å². The molecule has 0 saturated carbocycles. The van der Waals surface area contributed by atoms with Crippen LogP contribution in [0.5, 0.6) is 5.88 Å². The third kappa shape index (κ3) is 3.56. The Bertz CT molecular complexity index is 706. The highest BCUT2D eigenvalue weighted by molar-refractivity contribution is 6.31. The summed E-state index contributed by atoms with van der Waals surface area (Å²) in [6.07, 6.45) is 4.96. The molecule has 0 aliphatic carbocycles. The third-order valence-electron chi connectivity index (χ3n) is 4.17. The molecule has 5 nitrogen and oxygen atoms in total. The van der Waals surface area contributed by atoms with Crippen LogP contribution in [0.15, 0.2) is 36.5 Å². The Balaban J connectivity index is 1.77. The second kappa shape index (κ2) is 6.85. The summed E-state index contributed by atoms with van der Waals surface area (Å²) in [4.78, 5) is 14.6. The van der Waals surface area contributed by atoms with Crippen molar-refractivity contribution in [3.63, 3.8) is 0 Å². The number of ether oxygens (including phenoxy) is 1. The van der Waals surface area contributed by atoms with Crippen LogP contribution in [-0.2, 0) is 4.79 Å². The lowest BCUT2D eigenvalue weighted by Crippen LogP contribution is -2.50. The number of hydrogen-bond acceptors (Lipinski definition) is 3. The van der Waals surface area contributed by atoms with Crippen LogP contribution in [0.3, 0.4) is 0 Å². The van der Waals surface area contributed by atoms with E-state index in [1.54, 1.807) is 24.7 Å². The SMILES string of the molecule is CC(C)(Oc1nn(-c2ccccc2)cc1Cl)C(=O)N1CCCCC1. The molecule has 0 spiro atoms. The van der Waals surface area contributed by atoms with Gasteiger partial charge < -0.3 is 9.64 Å². The molecule has 128 valence electrons. The molecule has 1 fully saturated rings. The number of piperidine rings is 1. The number of benzene rings is 1. The van der Waals surface area contributed by atoms with Crippen LogP contribution >= 0.6 is 11.6 Å². The van der Waals surface area contributed by atoms with Crippen LogP contribution in [0.4, 0.5) is 0 Å². The molecule has 0 unspecified atom stereocenters. The minimum absolute atomic E-state index is 0.0208. The molecule has 1 aromatic carbocycles. The normalized spacial score (nSPS) is 15.4. The van der Waals surface area contributed by atoms with Gasteiger partial charge in [0.2, 0.25) is 0 Å². The van der Waals surface area contributed by atoms with E-state index in [0.717, 1.165) is 31.6 Å². The predicted molar refractivity (Wildman–Crippen MR) is 93.7 cm³/mol. The number of likely N-dealkylation sites (tertiary alicyclic amines) is 1. The zero-order valence-corrected chi connectivity index (χ0v) is 14.8. The highest BCUT2D eigenvalue weighted by atomic mass is 35.5. The topological polar surface area (TPSA) is 47.4 Å². The Kier molecular flexibility index (Phi) is 4.81. The van der Waals surface area contributed by atoms with E-state index in [2.05, 4.69) is 5.10 Å². The third-order valence-corrected chi connectivity index (χ3v) is 4.43. The van der Waals surface area contributed by atoms with Gasteiger partial charge in [-0.3, -0.25) is 4.79 Å². The summed E-state index contributed by atoms with van der Waals surface area (Å²) < 4.78 is 7.55. The zero-order chi connectivity index (χ0) is 17.2. The Morgan fingerprint density at radius 3 is 2.50 bits per heavy atom. The van der Waals surface area contributed by atoms with Crippen molar-refractivity contribution in [2.75, 3.05) is 13.1 Å². The first-order chi connectivity index (χ1) is 11.5. The molecule has 0 bridgehead atoms. The molecule has 2 aromatic rings. The first kappa shape index (κ1) is 16.8. The van der Waals surface area contributed by atoms with Crippen molar-refractivity contribution in [2.24, 2.45) is 0 Å². The number of carbonyl (C=O) groups is 1. The molecule has 24 heavy (non-hydrogen) atoms. The first-order valence-corrected chi connectivity index (χ1v) is 8.64. The van der Waals surface area contributed by atoms with E-state index in [-0.39, 0.29) is 11.8 Å². The summed E-state index contributed by atoms with van der Waals surface area (Å²) in [6, 6.07) is 9.64. The van der Waals surface area contributed by atoms with E-state index < -0.39 is 5.60 Å². The van der Waals surface area contributed by atoms with E-state index in [4.69, 9.17) is 16.3 Å². The van der Waals surface area contributed by atoms with E-state index >= 15 is 0 Å². The van der Waals surface area contributed by atoms with Crippen LogP contribution < -0.4 is 4.74 Å². The molecule has 3 rings (SSSR count). The number of nitrogens with zero attached hydrogens (tertiary/aromatic N) is 3. The van der Waals surface area contributed by atoms with Gasteiger partial charge in [0.15, 0.2) is 5.60 Å². The lowest BCUT2D eigenvalue weighted by atomic mass is 10.0. The smallest absolute Gasteiger partial charge is 0.266 e. The van der Waals surface area contributed by atoms with Crippen molar-refractivity contribution < 1.29 is 9.53 Å². The lowest BCUT2D eigenvalue weighted by Gasteiger charge is -2.34. The molecule has 2 heterocycles. The maximum absolute atomic E-state index is 12.7. The molecule has 6 heteroatoms. The summed E-state index contributed by atoms with van der Waals surface area (Å²) in [5, 5.41) is 4.77. The molecule has 0 N–H and O–H groups in total. The van der Waals surface area contributed by atoms with E-state index in [0.29, 0.717) is 5.02 Å². The molecule has 1 aliphatic rings. The van der Waals surface area contributed by atoms with Gasteiger partial charge >= 0.3 is 0 Å². The summed E-state index contributed by atoms with van der Waals surface area (Å²) in [6.45, 7) is 5.11. The van der Waals surface area contributed by atoms with E-state index in [1.807, 2.05) is 35.2 Å². The molecular formula is C18H22ClN3O2. The quantitative estimate of drug-likeness (QED) is 0.847. The van der Waals surface area contributed by atoms with Crippen LogP contribution in [0.2, 0.25) is 5.02 Å². The molecule has 1 aromatic heterocycles. The van der Waals surface area contributed by atoms with Crippen molar-refractivity contribution >= 4 is 17.5 Å². The van der Waals surface area contributed by atoms with Crippen molar-refractivity contribution in [2.45, 2.75) is 38.7 Å². The van der Waals surface area contributed by atoms with Gasteiger partial charge in [0, 0.05) is 13.1 Å². The fraction of sp³-hybridized carbons (Fsp3) is 0.444. The second-order valence-corrected chi connectivity index (χ2v) is 6.93. The minimum atomic E-state index is -1.00. The fourth-order valence-corrected chi connectivity index (χ4v) is 3.05. The number of carbonyl (C=O) groups excluding carboxylic acids is 1. The van der Waals surface area contributed by atoms with Gasteiger partial charge in [-0.15, -0.1) is 5.10 Å². The maximum atomic E-state index is 12.7. The number of para-hydroxylation sites is 1. The van der Waals surface area contributed by atoms with Crippen LogP contribution in [0.25, 0.3) is 5.69 Å². The number of aromatic nitrogens is 2. The number of halogens is 1. The fourth-order valence-electron chi connectivity index (χ4n) is 2.88. The van der Waals surface area contributed by atoms with Crippen LogP contribution in [0.1, 0.15) is 33.1 Å². The average Bonchev–Trinajstić information content (AvgIpc) is 2.96. The largest absolute Gasteiger partial charge is 0.459 e. The van der Waals surface area contributed by atoms with Crippen LogP contribution in [0, 0.1) is 0 Å². The minimum Gasteiger partial charge on any atom is -0.459 e. The van der Waals surface area contributed by atoms with Gasteiger partial charge in [0.1, 0.15) is 5.02 Å². The van der Waals surface area contributed by atoms with Crippen LogP contribution in [-0.4, -0.2) is 39.3 Å². The maximum Gasteiger partial charge on any atom is 0.266 e. The molecule has 1 amide bonds. The Hall–Kier alpha value is -2.01. The van der Waals surface area contributed by atoms with Gasteiger partial charge in [-0.25, -0.2) is 4.68 Å². The number of hydrogen-bond donors (Lipinski definition) is 0. The Morgan fingerprint density at radius 1 is 1.17 bits per heavy atom. The van der Waals surface area contributed by atoms with Crippen molar-refractivity contribution in [3.05, 3.63) is 41.6 Å². The van der Waals surface area contributed by atoms with E-state index in [9.17, 15) is 4.79 Å². The molecule has 0 atom stereocenters. The predicted octanol–water partition coefficient (Wildman–Crippen LogP) is 3.70. The lowest BCUT2D eigenvalue weighted by molar-refractivity contribution is -0.146. The summed E-state index contributed by atoms with van der Waals surface area (Å²) in [5.41, 5.74) is -0.119. The monoisotopic (exact) mass is 347 g/mol. The number of rotatable bonds is 4. The molecule has 0 radical (unpaired) electrons. The van der Waals surface area contributed by atoms with E-state index in [1.165, 1.54) is 6.42 Å². The number of amides is 1. The summed E-state index contributed by atoms with van der Waals surface area (Å²) in [7, 11) is 0. The molecule has 1 saturated heterocycles. The van der Waals surface area contributed by atoms with Gasteiger partial charge in [-0.2, -0.15) is 0 Å². The second-order valence-electron chi connectivity index (χ2n) is 6.53. The molecule has 1 aliphatic heterocycles. The average molecular weight is 348 g/mol.